The lowest BCUT2D eigenvalue weighted by molar-refractivity contribution is -0.388. The lowest BCUT2D eigenvalue weighted by atomic mass is 10.2. The number of rotatable bonds is 1. The molecule has 0 heterocycles. The first-order chi connectivity index (χ1) is 5.54. The van der Waals surface area contributed by atoms with Gasteiger partial charge in [0.15, 0.2) is 0 Å². The van der Waals surface area contributed by atoms with E-state index in [9.17, 15) is 14.5 Å². The van der Waals surface area contributed by atoms with Gasteiger partial charge in [-0.1, -0.05) is 6.07 Å². The van der Waals surface area contributed by atoms with Gasteiger partial charge in [0.25, 0.3) is 0 Å². The zero-order valence-corrected chi connectivity index (χ0v) is 8.33. The molecule has 0 aliphatic carbocycles. The minimum Gasteiger partial charge on any atom is -0.258 e. The van der Waals surface area contributed by atoms with Gasteiger partial charge in [-0.25, -0.2) is 0 Å². The van der Waals surface area contributed by atoms with Crippen molar-refractivity contribution in [1.29, 1.82) is 0 Å². The third-order valence-electron chi connectivity index (χ3n) is 1.44. The summed E-state index contributed by atoms with van der Waals surface area (Å²) < 4.78 is 13.4. The topological polar surface area (TPSA) is 43.1 Å². The molecular formula is C7H5FINO2. The van der Waals surface area contributed by atoms with Crippen LogP contribution in [0.5, 0.6) is 0 Å². The molecule has 0 bridgehead atoms. The molecule has 64 valence electrons. The minimum absolute atomic E-state index is 0.294. The van der Waals surface area contributed by atoms with E-state index in [4.69, 9.17) is 0 Å². The van der Waals surface area contributed by atoms with Gasteiger partial charge in [-0.2, -0.15) is 4.39 Å². The van der Waals surface area contributed by atoms with Gasteiger partial charge < -0.3 is 0 Å². The normalized spacial score (nSPS) is 9.92. The summed E-state index contributed by atoms with van der Waals surface area (Å²) in [7, 11) is 0. The van der Waals surface area contributed by atoms with Crippen LogP contribution in [0.3, 0.4) is 0 Å². The molecule has 0 saturated carbocycles. The van der Waals surface area contributed by atoms with E-state index in [1.807, 2.05) is 0 Å². The van der Waals surface area contributed by atoms with Crippen molar-refractivity contribution in [2.24, 2.45) is 0 Å². The Morgan fingerprint density at radius 1 is 1.58 bits per heavy atom. The smallest absolute Gasteiger partial charge is 0.258 e. The molecule has 0 aliphatic rings. The molecule has 1 aromatic rings. The minimum atomic E-state index is -0.744. The Kier molecular flexibility index (Phi) is 2.61. The number of nitro benzene ring substituents is 1. The third-order valence-corrected chi connectivity index (χ3v) is 2.31. The Morgan fingerprint density at radius 2 is 2.17 bits per heavy atom. The van der Waals surface area contributed by atoms with E-state index in [2.05, 4.69) is 0 Å². The summed E-state index contributed by atoms with van der Waals surface area (Å²) in [6, 6.07) is 3.04. The molecule has 0 N–H and O–H groups in total. The SMILES string of the molecule is Cc1ccc(I)c([N+](=O)[O-])c1F. The molecule has 5 heteroatoms. The first kappa shape index (κ1) is 9.37. The van der Waals surface area contributed by atoms with Gasteiger partial charge in [0, 0.05) is 0 Å². The van der Waals surface area contributed by atoms with Crippen molar-refractivity contribution in [2.45, 2.75) is 6.92 Å². The highest BCUT2D eigenvalue weighted by Crippen LogP contribution is 2.26. The monoisotopic (exact) mass is 281 g/mol. The number of nitro groups is 1. The number of benzene rings is 1. The van der Waals surface area contributed by atoms with Gasteiger partial charge in [0.2, 0.25) is 5.82 Å². The average molecular weight is 281 g/mol. The highest BCUT2D eigenvalue weighted by Gasteiger charge is 2.19. The molecule has 0 radical (unpaired) electrons. The molecule has 12 heavy (non-hydrogen) atoms. The van der Waals surface area contributed by atoms with Crippen LogP contribution in [0.4, 0.5) is 10.1 Å². The summed E-state index contributed by atoms with van der Waals surface area (Å²) in [5, 5.41) is 10.4. The summed E-state index contributed by atoms with van der Waals surface area (Å²) in [5.41, 5.74) is -0.141. The van der Waals surface area contributed by atoms with Crippen molar-refractivity contribution in [3.05, 3.63) is 37.2 Å². The van der Waals surface area contributed by atoms with Crippen LogP contribution < -0.4 is 0 Å². The van der Waals surface area contributed by atoms with Crippen molar-refractivity contribution in [3.63, 3.8) is 0 Å². The summed E-state index contributed by atoms with van der Waals surface area (Å²) >= 11 is 1.74. The van der Waals surface area contributed by atoms with E-state index in [0.29, 0.717) is 9.13 Å². The molecule has 0 spiro atoms. The van der Waals surface area contributed by atoms with E-state index in [1.54, 1.807) is 22.6 Å². The highest BCUT2D eigenvalue weighted by atomic mass is 127. The number of nitrogens with zero attached hydrogens (tertiary/aromatic N) is 1. The summed E-state index contributed by atoms with van der Waals surface area (Å²) in [6.07, 6.45) is 0. The predicted molar refractivity (Wildman–Crippen MR) is 50.5 cm³/mol. The summed E-state index contributed by atoms with van der Waals surface area (Å²) in [5.74, 6) is -0.744. The average Bonchev–Trinajstić information content (AvgIpc) is 1.97. The largest absolute Gasteiger partial charge is 0.318 e. The molecule has 0 unspecified atom stereocenters. The van der Waals surface area contributed by atoms with Crippen molar-refractivity contribution < 1.29 is 9.31 Å². The zero-order valence-electron chi connectivity index (χ0n) is 6.17. The zero-order chi connectivity index (χ0) is 9.30. The third kappa shape index (κ3) is 1.55. The van der Waals surface area contributed by atoms with Crippen LogP contribution in [0, 0.1) is 26.4 Å². The fraction of sp³-hybridized carbons (Fsp3) is 0.143. The molecule has 0 fully saturated rings. The molecule has 0 saturated heterocycles. The lowest BCUT2D eigenvalue weighted by Crippen LogP contribution is -1.97. The molecule has 0 atom stereocenters. The van der Waals surface area contributed by atoms with Crippen LogP contribution in [-0.4, -0.2) is 4.92 Å². The van der Waals surface area contributed by atoms with Crippen LogP contribution in [-0.2, 0) is 0 Å². The first-order valence-electron chi connectivity index (χ1n) is 3.13. The molecule has 1 aromatic carbocycles. The van der Waals surface area contributed by atoms with Gasteiger partial charge in [-0.15, -0.1) is 0 Å². The maximum Gasteiger partial charge on any atom is 0.318 e. The van der Waals surface area contributed by atoms with E-state index < -0.39 is 16.4 Å². The Labute approximate surface area is 81.9 Å². The van der Waals surface area contributed by atoms with Crippen LogP contribution in [0.25, 0.3) is 0 Å². The maximum atomic E-state index is 13.1. The van der Waals surface area contributed by atoms with Crippen LogP contribution in [0.15, 0.2) is 12.1 Å². The Balaban J connectivity index is 3.43. The van der Waals surface area contributed by atoms with E-state index in [1.165, 1.54) is 19.1 Å². The molecule has 1 rings (SSSR count). The van der Waals surface area contributed by atoms with Crippen molar-refractivity contribution in [3.8, 4) is 0 Å². The lowest BCUT2D eigenvalue weighted by Gasteiger charge is -1.98. The van der Waals surface area contributed by atoms with Crippen LogP contribution in [0.1, 0.15) is 5.56 Å². The van der Waals surface area contributed by atoms with Gasteiger partial charge in [-0.3, -0.25) is 10.1 Å². The quantitative estimate of drug-likeness (QED) is 0.451. The predicted octanol–water partition coefficient (Wildman–Crippen LogP) is 2.65. The molecule has 0 aliphatic heterocycles. The molecular weight excluding hydrogens is 276 g/mol. The van der Waals surface area contributed by atoms with Crippen molar-refractivity contribution in [1.82, 2.24) is 0 Å². The fourth-order valence-electron chi connectivity index (χ4n) is 0.809. The van der Waals surface area contributed by atoms with Crippen molar-refractivity contribution >= 4 is 28.3 Å². The standard InChI is InChI=1S/C7H5FINO2/c1-4-2-3-5(9)7(6(4)8)10(11)12/h2-3H,1H3. The van der Waals surface area contributed by atoms with Gasteiger partial charge in [-0.05, 0) is 41.1 Å². The van der Waals surface area contributed by atoms with E-state index in [0.717, 1.165) is 0 Å². The Hall–Kier alpha value is -0.720. The maximum absolute atomic E-state index is 13.1. The van der Waals surface area contributed by atoms with Crippen LogP contribution >= 0.6 is 22.6 Å². The second kappa shape index (κ2) is 3.34. The fourth-order valence-corrected chi connectivity index (χ4v) is 1.42. The molecule has 0 aromatic heterocycles. The van der Waals surface area contributed by atoms with Crippen LogP contribution in [0.2, 0.25) is 0 Å². The number of hydrogen-bond donors (Lipinski definition) is 0. The highest BCUT2D eigenvalue weighted by molar-refractivity contribution is 14.1. The molecule has 3 nitrogen and oxygen atoms in total. The van der Waals surface area contributed by atoms with Gasteiger partial charge >= 0.3 is 5.69 Å². The summed E-state index contributed by atoms with van der Waals surface area (Å²) in [4.78, 5) is 9.65. The van der Waals surface area contributed by atoms with E-state index >= 15 is 0 Å². The van der Waals surface area contributed by atoms with E-state index in [-0.39, 0.29) is 0 Å². The second-order valence-corrected chi connectivity index (χ2v) is 3.45. The number of hydrogen-bond acceptors (Lipinski definition) is 2. The van der Waals surface area contributed by atoms with Gasteiger partial charge in [0.05, 0.1) is 8.49 Å². The van der Waals surface area contributed by atoms with Crippen molar-refractivity contribution in [2.75, 3.05) is 0 Å². The Bertz CT molecular complexity index is 340. The van der Waals surface area contributed by atoms with Gasteiger partial charge in [0.1, 0.15) is 0 Å². The Morgan fingerprint density at radius 3 is 2.58 bits per heavy atom. The molecule has 0 amide bonds. The second-order valence-electron chi connectivity index (χ2n) is 2.28. The number of aryl methyl sites for hydroxylation is 1. The summed E-state index contributed by atoms with van der Waals surface area (Å²) in [6.45, 7) is 1.50. The number of halogens is 2. The first-order valence-corrected chi connectivity index (χ1v) is 4.21.